The molecule has 0 amide bonds. The van der Waals surface area contributed by atoms with Crippen LogP contribution in [0.4, 0.5) is 0 Å². The molecule has 0 aliphatic carbocycles. The first kappa shape index (κ1) is 22.2. The van der Waals surface area contributed by atoms with E-state index >= 15 is 0 Å². The standard InChI is InChI=1S/C24H36N4O2/c1-20(28-16-4-3-5-17-28)12-14-25-24(26-15-13-23-7-6-18-30-23)27-19-21-8-10-22(29-2)11-9-21/h6-11,18,20H,3-5,12-17,19H2,1-2H3,(H2,25,26,27). The lowest BCUT2D eigenvalue weighted by molar-refractivity contribution is 0.167. The Morgan fingerprint density at radius 1 is 1.10 bits per heavy atom. The van der Waals surface area contributed by atoms with Gasteiger partial charge in [0.1, 0.15) is 11.5 Å². The van der Waals surface area contributed by atoms with Gasteiger partial charge in [-0.2, -0.15) is 0 Å². The molecule has 1 aliphatic rings. The lowest BCUT2D eigenvalue weighted by Crippen LogP contribution is -2.42. The predicted octanol–water partition coefficient (Wildman–Crippen LogP) is 3.83. The van der Waals surface area contributed by atoms with Crippen molar-refractivity contribution < 1.29 is 9.15 Å². The third-order valence-corrected chi connectivity index (χ3v) is 5.69. The fraction of sp³-hybridized carbons (Fsp3) is 0.542. The van der Waals surface area contributed by atoms with Gasteiger partial charge in [0.05, 0.1) is 19.9 Å². The van der Waals surface area contributed by atoms with E-state index in [0.717, 1.165) is 49.0 Å². The van der Waals surface area contributed by atoms with Gasteiger partial charge in [-0.25, -0.2) is 4.99 Å². The number of ether oxygens (including phenoxy) is 1. The lowest BCUT2D eigenvalue weighted by atomic mass is 10.1. The molecular formula is C24H36N4O2. The summed E-state index contributed by atoms with van der Waals surface area (Å²) in [5.74, 6) is 2.70. The van der Waals surface area contributed by atoms with Crippen LogP contribution in [0.5, 0.6) is 5.75 Å². The highest BCUT2D eigenvalue weighted by Crippen LogP contribution is 2.14. The van der Waals surface area contributed by atoms with Gasteiger partial charge in [0.25, 0.3) is 0 Å². The highest BCUT2D eigenvalue weighted by Gasteiger charge is 2.16. The number of rotatable bonds is 10. The summed E-state index contributed by atoms with van der Waals surface area (Å²) in [7, 11) is 1.68. The van der Waals surface area contributed by atoms with Gasteiger partial charge >= 0.3 is 0 Å². The van der Waals surface area contributed by atoms with Gasteiger partial charge in [-0.1, -0.05) is 18.6 Å². The molecule has 1 unspecified atom stereocenters. The normalized spacial score (nSPS) is 16.3. The zero-order valence-electron chi connectivity index (χ0n) is 18.4. The van der Waals surface area contributed by atoms with Crippen LogP contribution < -0.4 is 15.4 Å². The number of likely N-dealkylation sites (tertiary alicyclic amines) is 1. The predicted molar refractivity (Wildman–Crippen MR) is 122 cm³/mol. The Morgan fingerprint density at radius 2 is 1.87 bits per heavy atom. The summed E-state index contributed by atoms with van der Waals surface area (Å²) in [5, 5.41) is 6.96. The van der Waals surface area contributed by atoms with Crippen LogP contribution in [-0.4, -0.2) is 50.2 Å². The molecule has 2 heterocycles. The number of piperidine rings is 1. The van der Waals surface area contributed by atoms with Crippen molar-refractivity contribution >= 4 is 5.96 Å². The van der Waals surface area contributed by atoms with Gasteiger partial charge in [0.2, 0.25) is 0 Å². The average molecular weight is 413 g/mol. The van der Waals surface area contributed by atoms with Crippen molar-refractivity contribution in [2.24, 2.45) is 4.99 Å². The van der Waals surface area contributed by atoms with Crippen molar-refractivity contribution in [1.82, 2.24) is 15.5 Å². The number of nitrogens with one attached hydrogen (secondary N) is 2. The highest BCUT2D eigenvalue weighted by molar-refractivity contribution is 5.79. The number of methoxy groups -OCH3 is 1. The number of aliphatic imine (C=N–C) groups is 1. The molecule has 0 spiro atoms. The van der Waals surface area contributed by atoms with E-state index in [1.54, 1.807) is 13.4 Å². The molecule has 1 aliphatic heterocycles. The molecule has 164 valence electrons. The zero-order valence-corrected chi connectivity index (χ0v) is 18.4. The SMILES string of the molecule is COc1ccc(CN=C(NCCc2ccco2)NCCC(C)N2CCCCC2)cc1. The van der Waals surface area contributed by atoms with Crippen molar-refractivity contribution in [2.45, 2.75) is 51.6 Å². The minimum Gasteiger partial charge on any atom is -0.497 e. The monoisotopic (exact) mass is 412 g/mol. The van der Waals surface area contributed by atoms with Crippen molar-refractivity contribution in [3.63, 3.8) is 0 Å². The third kappa shape index (κ3) is 7.41. The summed E-state index contributed by atoms with van der Waals surface area (Å²) in [6.45, 7) is 7.13. The van der Waals surface area contributed by atoms with Crippen molar-refractivity contribution in [3.8, 4) is 5.75 Å². The second kappa shape index (κ2) is 12.3. The molecular weight excluding hydrogens is 376 g/mol. The number of guanidine groups is 1. The Labute approximate surface area is 180 Å². The van der Waals surface area contributed by atoms with Crippen LogP contribution in [0.3, 0.4) is 0 Å². The minimum absolute atomic E-state index is 0.601. The summed E-state index contributed by atoms with van der Waals surface area (Å²) in [6.07, 6.45) is 7.71. The smallest absolute Gasteiger partial charge is 0.191 e. The number of nitrogens with zero attached hydrogens (tertiary/aromatic N) is 2. The Kier molecular flexibility index (Phi) is 9.09. The summed E-state index contributed by atoms with van der Waals surface area (Å²) < 4.78 is 10.7. The highest BCUT2D eigenvalue weighted by atomic mass is 16.5. The zero-order chi connectivity index (χ0) is 21.0. The van der Waals surface area contributed by atoms with Crippen LogP contribution >= 0.6 is 0 Å². The first-order chi connectivity index (χ1) is 14.7. The average Bonchev–Trinajstić information content (AvgIpc) is 3.31. The molecule has 1 saturated heterocycles. The van der Waals surface area contributed by atoms with Gasteiger partial charge in [-0.15, -0.1) is 0 Å². The molecule has 0 bridgehead atoms. The molecule has 30 heavy (non-hydrogen) atoms. The summed E-state index contributed by atoms with van der Waals surface area (Å²) in [6, 6.07) is 12.6. The van der Waals surface area contributed by atoms with E-state index in [9.17, 15) is 0 Å². The topological polar surface area (TPSA) is 62.0 Å². The number of hydrogen-bond donors (Lipinski definition) is 2. The molecule has 0 radical (unpaired) electrons. The van der Waals surface area contributed by atoms with E-state index in [4.69, 9.17) is 14.1 Å². The van der Waals surface area contributed by atoms with Crippen molar-refractivity contribution in [3.05, 3.63) is 54.0 Å². The number of benzene rings is 1. The number of furan rings is 1. The number of hydrogen-bond acceptors (Lipinski definition) is 4. The van der Waals surface area contributed by atoms with Crippen LogP contribution in [0.2, 0.25) is 0 Å². The second-order valence-electron chi connectivity index (χ2n) is 7.93. The maximum Gasteiger partial charge on any atom is 0.191 e. The van der Waals surface area contributed by atoms with Crippen LogP contribution in [0.15, 0.2) is 52.1 Å². The van der Waals surface area contributed by atoms with E-state index < -0.39 is 0 Å². The Bertz CT molecular complexity index is 737. The van der Waals surface area contributed by atoms with Gasteiger partial charge < -0.3 is 24.7 Å². The van der Waals surface area contributed by atoms with E-state index in [-0.39, 0.29) is 0 Å². The third-order valence-electron chi connectivity index (χ3n) is 5.69. The molecule has 2 N–H and O–H groups in total. The minimum atomic E-state index is 0.601. The molecule has 1 aromatic heterocycles. The van der Waals surface area contributed by atoms with Gasteiger partial charge in [0, 0.05) is 25.6 Å². The Balaban J connectivity index is 1.50. The maximum atomic E-state index is 5.43. The Morgan fingerprint density at radius 3 is 2.57 bits per heavy atom. The molecule has 3 rings (SSSR count). The molecule has 2 aromatic rings. The van der Waals surface area contributed by atoms with Crippen LogP contribution in [0.25, 0.3) is 0 Å². The van der Waals surface area contributed by atoms with Gasteiger partial charge in [0.15, 0.2) is 5.96 Å². The van der Waals surface area contributed by atoms with Crippen molar-refractivity contribution in [2.75, 3.05) is 33.3 Å². The van der Waals surface area contributed by atoms with E-state index in [1.807, 2.05) is 24.3 Å². The van der Waals surface area contributed by atoms with Crippen LogP contribution in [0.1, 0.15) is 43.9 Å². The summed E-state index contributed by atoms with van der Waals surface area (Å²) in [4.78, 5) is 7.40. The van der Waals surface area contributed by atoms with E-state index in [1.165, 1.54) is 32.4 Å². The molecule has 1 fully saturated rings. The first-order valence-corrected chi connectivity index (χ1v) is 11.2. The summed E-state index contributed by atoms with van der Waals surface area (Å²) in [5.41, 5.74) is 1.16. The maximum absolute atomic E-state index is 5.43. The lowest BCUT2D eigenvalue weighted by Gasteiger charge is -2.32. The fourth-order valence-electron chi connectivity index (χ4n) is 3.78. The van der Waals surface area contributed by atoms with Crippen LogP contribution in [-0.2, 0) is 13.0 Å². The fourth-order valence-corrected chi connectivity index (χ4v) is 3.78. The largest absolute Gasteiger partial charge is 0.497 e. The van der Waals surface area contributed by atoms with Gasteiger partial charge in [-0.3, -0.25) is 0 Å². The molecule has 0 saturated carbocycles. The van der Waals surface area contributed by atoms with Crippen LogP contribution in [0, 0.1) is 0 Å². The molecule has 1 atom stereocenters. The first-order valence-electron chi connectivity index (χ1n) is 11.2. The van der Waals surface area contributed by atoms with E-state index in [2.05, 4.69) is 34.6 Å². The van der Waals surface area contributed by atoms with E-state index in [0.29, 0.717) is 12.6 Å². The molecule has 6 nitrogen and oxygen atoms in total. The quantitative estimate of drug-likeness (QED) is 0.459. The van der Waals surface area contributed by atoms with Gasteiger partial charge in [-0.05, 0) is 69.1 Å². The molecule has 1 aromatic carbocycles. The molecule has 6 heteroatoms. The second-order valence-corrected chi connectivity index (χ2v) is 7.93. The summed E-state index contributed by atoms with van der Waals surface area (Å²) >= 11 is 0. The van der Waals surface area contributed by atoms with Crippen molar-refractivity contribution in [1.29, 1.82) is 0 Å². The Hall–Kier alpha value is -2.47.